The summed E-state index contributed by atoms with van der Waals surface area (Å²) in [5.74, 6) is 1.91. The van der Waals surface area contributed by atoms with Crippen LogP contribution in [-0.4, -0.2) is 68.1 Å². The zero-order valence-electron chi connectivity index (χ0n) is 18.4. The number of aliphatic hydroxyl groups excluding tert-OH is 1. The van der Waals surface area contributed by atoms with Gasteiger partial charge in [0.05, 0.1) is 24.0 Å². The van der Waals surface area contributed by atoms with Crippen molar-refractivity contribution < 1.29 is 9.84 Å². The van der Waals surface area contributed by atoms with E-state index in [0.29, 0.717) is 11.4 Å². The molecule has 8 heteroatoms. The lowest BCUT2D eigenvalue weighted by molar-refractivity contribution is 0.238. The van der Waals surface area contributed by atoms with Crippen LogP contribution in [0.5, 0.6) is 5.75 Å². The smallest absolute Gasteiger partial charge is 0.143 e. The molecule has 2 aliphatic heterocycles. The topological polar surface area (TPSA) is 99.8 Å². The summed E-state index contributed by atoms with van der Waals surface area (Å²) >= 11 is 0. The number of aromatic nitrogens is 2. The number of rotatable bonds is 5. The molecule has 2 aromatic heterocycles. The molecular weight excluding hydrogens is 404 g/mol. The molecule has 2 saturated heterocycles. The van der Waals surface area contributed by atoms with Crippen LogP contribution in [0.2, 0.25) is 0 Å². The Morgan fingerprint density at radius 1 is 1.16 bits per heavy atom. The van der Waals surface area contributed by atoms with Crippen molar-refractivity contribution in [2.45, 2.75) is 6.42 Å². The number of pyridine rings is 2. The Hall–Kier alpha value is -3.10. The largest absolute Gasteiger partial charge is 0.495 e. The van der Waals surface area contributed by atoms with E-state index < -0.39 is 0 Å². The van der Waals surface area contributed by atoms with Crippen molar-refractivity contribution in [2.24, 2.45) is 5.92 Å². The molecule has 1 unspecified atom stereocenters. The van der Waals surface area contributed by atoms with Crippen molar-refractivity contribution >= 4 is 28.1 Å². The van der Waals surface area contributed by atoms with E-state index in [1.165, 1.54) is 0 Å². The van der Waals surface area contributed by atoms with Crippen LogP contribution in [0.15, 0.2) is 36.5 Å². The summed E-state index contributed by atoms with van der Waals surface area (Å²) < 4.78 is 5.45. The second kappa shape index (κ2) is 8.80. The van der Waals surface area contributed by atoms with Gasteiger partial charge in [-0.1, -0.05) is 0 Å². The lowest BCUT2D eigenvalue weighted by Crippen LogP contribution is -2.43. The Morgan fingerprint density at radius 2 is 2.00 bits per heavy atom. The third-order valence-corrected chi connectivity index (χ3v) is 6.51. The van der Waals surface area contributed by atoms with Crippen LogP contribution >= 0.6 is 0 Å². The van der Waals surface area contributed by atoms with E-state index in [-0.39, 0.29) is 12.5 Å². The number of nitrogens with two attached hydrogens (primary N) is 1. The van der Waals surface area contributed by atoms with Crippen molar-refractivity contribution in [3.05, 3.63) is 36.5 Å². The maximum atomic E-state index is 9.63. The number of fused-ring (bicyclic) bond motifs is 1. The van der Waals surface area contributed by atoms with Gasteiger partial charge in [0.1, 0.15) is 11.6 Å². The monoisotopic (exact) mass is 434 g/mol. The first kappa shape index (κ1) is 20.8. The first-order valence-corrected chi connectivity index (χ1v) is 11.2. The second-order valence-corrected chi connectivity index (χ2v) is 8.56. The Balaban J connectivity index is 1.56. The quantitative estimate of drug-likeness (QED) is 0.525. The Kier molecular flexibility index (Phi) is 5.71. The molecule has 0 aliphatic carbocycles. The van der Waals surface area contributed by atoms with Gasteiger partial charge in [0.25, 0.3) is 0 Å². The van der Waals surface area contributed by atoms with Gasteiger partial charge >= 0.3 is 0 Å². The number of aliphatic hydroxyl groups is 1. The van der Waals surface area contributed by atoms with Gasteiger partial charge in [0.2, 0.25) is 0 Å². The lowest BCUT2D eigenvalue weighted by atomic mass is 10.1. The molecule has 3 aromatic rings. The van der Waals surface area contributed by atoms with Crippen molar-refractivity contribution in [1.82, 2.24) is 15.3 Å². The van der Waals surface area contributed by atoms with Crippen LogP contribution in [0, 0.1) is 5.92 Å². The Labute approximate surface area is 188 Å². The minimum absolute atomic E-state index is 0.208. The molecule has 2 fully saturated rings. The lowest BCUT2D eigenvalue weighted by Gasteiger charge is -2.28. The minimum Gasteiger partial charge on any atom is -0.495 e. The summed E-state index contributed by atoms with van der Waals surface area (Å²) in [6.07, 6.45) is 2.88. The highest BCUT2D eigenvalue weighted by Gasteiger charge is 2.25. The summed E-state index contributed by atoms with van der Waals surface area (Å²) in [4.78, 5) is 14.3. The molecule has 4 heterocycles. The van der Waals surface area contributed by atoms with Gasteiger partial charge in [0.15, 0.2) is 0 Å². The number of piperazine rings is 1. The van der Waals surface area contributed by atoms with Gasteiger partial charge in [-0.3, -0.25) is 0 Å². The number of nitrogens with zero attached hydrogens (tertiary/aromatic N) is 4. The number of anilines is 3. The summed E-state index contributed by atoms with van der Waals surface area (Å²) in [5, 5.41) is 14.0. The first-order chi connectivity index (χ1) is 15.7. The molecule has 4 N–H and O–H groups in total. The van der Waals surface area contributed by atoms with Crippen molar-refractivity contribution in [1.29, 1.82) is 0 Å². The zero-order valence-corrected chi connectivity index (χ0v) is 18.4. The fraction of sp³-hybridized carbons (Fsp3) is 0.417. The molecular formula is C24H30N6O2. The van der Waals surface area contributed by atoms with Gasteiger partial charge in [-0.25, -0.2) is 9.97 Å². The molecule has 0 radical (unpaired) electrons. The molecule has 8 nitrogen and oxygen atoms in total. The van der Waals surface area contributed by atoms with Crippen molar-refractivity contribution in [3.63, 3.8) is 0 Å². The molecule has 0 spiro atoms. The van der Waals surface area contributed by atoms with E-state index in [9.17, 15) is 5.11 Å². The number of hydrogen-bond acceptors (Lipinski definition) is 8. The van der Waals surface area contributed by atoms with Crippen LogP contribution in [0.4, 0.5) is 17.2 Å². The fourth-order valence-corrected chi connectivity index (χ4v) is 4.66. The standard InChI is InChI=1S/C24H30N6O2/c1-32-23-12-21-18(10-19(23)25)22(30-7-4-16(14-30)15-31)11-20(28-21)17-2-3-24(27-13-17)29-8-5-26-6-9-29/h2-3,10-13,16,26,31H,4-9,14-15,25H2,1H3. The predicted octanol–water partition coefficient (Wildman–Crippen LogP) is 2.12. The molecule has 5 rings (SSSR count). The molecule has 0 amide bonds. The number of nitrogen functional groups attached to an aromatic ring is 1. The second-order valence-electron chi connectivity index (χ2n) is 8.56. The van der Waals surface area contributed by atoms with Gasteiger partial charge in [-0.15, -0.1) is 0 Å². The van der Waals surface area contributed by atoms with Crippen LogP contribution in [0.3, 0.4) is 0 Å². The highest BCUT2D eigenvalue weighted by Crippen LogP contribution is 2.37. The SMILES string of the molecule is COc1cc2nc(-c3ccc(N4CCNCC4)nc3)cc(N3CCC(CO)C3)c2cc1N. The van der Waals surface area contributed by atoms with Gasteiger partial charge < -0.3 is 30.7 Å². The predicted molar refractivity (Wildman–Crippen MR) is 128 cm³/mol. The highest BCUT2D eigenvalue weighted by atomic mass is 16.5. The number of ether oxygens (including phenoxy) is 1. The van der Waals surface area contributed by atoms with E-state index in [0.717, 1.165) is 79.4 Å². The van der Waals surface area contributed by atoms with Crippen LogP contribution in [0.25, 0.3) is 22.2 Å². The van der Waals surface area contributed by atoms with E-state index in [2.05, 4.69) is 33.3 Å². The van der Waals surface area contributed by atoms with Crippen LogP contribution in [0.1, 0.15) is 6.42 Å². The normalized spacial score (nSPS) is 19.0. The third-order valence-electron chi connectivity index (χ3n) is 6.51. The molecule has 32 heavy (non-hydrogen) atoms. The number of methoxy groups -OCH3 is 1. The average Bonchev–Trinajstić information content (AvgIpc) is 3.33. The number of benzene rings is 1. The number of nitrogens with one attached hydrogen (secondary N) is 1. The van der Waals surface area contributed by atoms with Crippen molar-refractivity contribution in [2.75, 3.05) is 68.5 Å². The third kappa shape index (κ3) is 3.91. The minimum atomic E-state index is 0.208. The summed E-state index contributed by atoms with van der Waals surface area (Å²) in [7, 11) is 1.62. The van der Waals surface area contributed by atoms with Crippen LogP contribution in [-0.2, 0) is 0 Å². The molecule has 0 bridgehead atoms. The van der Waals surface area contributed by atoms with Gasteiger partial charge in [-0.05, 0) is 30.7 Å². The first-order valence-electron chi connectivity index (χ1n) is 11.2. The zero-order chi connectivity index (χ0) is 22.1. The molecule has 1 aromatic carbocycles. The van der Waals surface area contributed by atoms with Gasteiger partial charge in [-0.2, -0.15) is 0 Å². The van der Waals surface area contributed by atoms with E-state index >= 15 is 0 Å². The maximum absolute atomic E-state index is 9.63. The average molecular weight is 435 g/mol. The van der Waals surface area contributed by atoms with Gasteiger partial charge in [0, 0.05) is 80.7 Å². The maximum Gasteiger partial charge on any atom is 0.143 e. The molecule has 2 aliphatic rings. The number of hydrogen-bond donors (Lipinski definition) is 3. The summed E-state index contributed by atoms with van der Waals surface area (Å²) in [6, 6.07) is 10.1. The summed E-state index contributed by atoms with van der Waals surface area (Å²) in [5.41, 5.74) is 10.6. The molecule has 168 valence electrons. The fourth-order valence-electron chi connectivity index (χ4n) is 4.66. The Bertz CT molecular complexity index is 1100. The summed E-state index contributed by atoms with van der Waals surface area (Å²) in [6.45, 7) is 5.82. The van der Waals surface area contributed by atoms with E-state index in [1.54, 1.807) is 7.11 Å². The Morgan fingerprint density at radius 3 is 2.69 bits per heavy atom. The van der Waals surface area contributed by atoms with E-state index in [1.807, 2.05) is 18.3 Å². The van der Waals surface area contributed by atoms with Crippen molar-refractivity contribution in [3.8, 4) is 17.0 Å². The van der Waals surface area contributed by atoms with Crippen LogP contribution < -0.4 is 25.6 Å². The highest BCUT2D eigenvalue weighted by molar-refractivity contribution is 5.97. The molecule has 0 saturated carbocycles. The van der Waals surface area contributed by atoms with E-state index in [4.69, 9.17) is 20.4 Å². The molecule has 1 atom stereocenters.